The van der Waals surface area contributed by atoms with Gasteiger partial charge in [0.2, 0.25) is 11.8 Å². The fourth-order valence-electron chi connectivity index (χ4n) is 4.03. The predicted octanol–water partition coefficient (Wildman–Crippen LogP) is 5.85. The molecule has 0 aliphatic heterocycles. The van der Waals surface area contributed by atoms with Gasteiger partial charge in [-0.1, -0.05) is 97.4 Å². The van der Waals surface area contributed by atoms with Gasteiger partial charge in [0.1, 0.15) is 6.04 Å². The van der Waals surface area contributed by atoms with Crippen LogP contribution in [0.5, 0.6) is 0 Å². The van der Waals surface area contributed by atoms with E-state index in [1.165, 1.54) is 0 Å². The second-order valence-corrected chi connectivity index (χ2v) is 9.08. The highest BCUT2D eigenvalue weighted by Gasteiger charge is 2.29. The molecule has 2 atom stereocenters. The van der Waals surface area contributed by atoms with Gasteiger partial charge < -0.3 is 10.2 Å². The molecule has 1 N–H and O–H groups in total. The van der Waals surface area contributed by atoms with E-state index >= 15 is 0 Å². The summed E-state index contributed by atoms with van der Waals surface area (Å²) in [6.07, 6.45) is 1.13. The fraction of sp³-hybridized carbons (Fsp3) is 0.333. The van der Waals surface area contributed by atoms with Gasteiger partial charge in [0, 0.05) is 24.9 Å². The maximum absolute atomic E-state index is 13.8. The standard InChI is InChI=1S/C30H36N2O2/c1-5-23(3)31-30(34)24(4)32(21-25-18-16-22(2)17-19-25)29(33)20-28(26-12-8-6-9-13-26)27-14-10-7-11-15-27/h6-19,23-24,28H,5,20-21H2,1-4H3,(H,31,34)/t23-,24+/m1/s1. The molecule has 2 amide bonds. The summed E-state index contributed by atoms with van der Waals surface area (Å²) in [5, 5.41) is 3.04. The molecule has 4 nitrogen and oxygen atoms in total. The quantitative estimate of drug-likeness (QED) is 0.416. The minimum atomic E-state index is -0.574. The van der Waals surface area contributed by atoms with Crippen LogP contribution in [0.15, 0.2) is 84.9 Å². The van der Waals surface area contributed by atoms with Crippen molar-refractivity contribution in [1.82, 2.24) is 10.2 Å². The number of nitrogens with one attached hydrogen (secondary N) is 1. The van der Waals surface area contributed by atoms with Crippen molar-refractivity contribution in [3.05, 3.63) is 107 Å². The molecular formula is C30H36N2O2. The van der Waals surface area contributed by atoms with E-state index < -0.39 is 6.04 Å². The van der Waals surface area contributed by atoms with Crippen molar-refractivity contribution < 1.29 is 9.59 Å². The summed E-state index contributed by atoms with van der Waals surface area (Å²) in [6, 6.07) is 27.9. The molecule has 0 bridgehead atoms. The molecule has 34 heavy (non-hydrogen) atoms. The van der Waals surface area contributed by atoms with Crippen LogP contribution in [0, 0.1) is 6.92 Å². The Kier molecular flexibility index (Phi) is 9.03. The molecular weight excluding hydrogens is 420 g/mol. The molecule has 3 rings (SSSR count). The van der Waals surface area contributed by atoms with Gasteiger partial charge >= 0.3 is 0 Å². The van der Waals surface area contributed by atoms with Crippen LogP contribution in [0.4, 0.5) is 0 Å². The SMILES string of the molecule is CC[C@@H](C)NC(=O)[C@H](C)N(Cc1ccc(C)cc1)C(=O)CC(c1ccccc1)c1ccccc1. The fourth-order valence-corrected chi connectivity index (χ4v) is 4.03. The second kappa shape index (κ2) is 12.2. The number of hydrogen-bond donors (Lipinski definition) is 1. The normalized spacial score (nSPS) is 12.7. The molecule has 0 radical (unpaired) electrons. The molecule has 0 aliphatic carbocycles. The van der Waals surface area contributed by atoms with Crippen molar-refractivity contribution >= 4 is 11.8 Å². The van der Waals surface area contributed by atoms with Crippen LogP contribution in [-0.4, -0.2) is 28.8 Å². The number of benzene rings is 3. The molecule has 0 saturated carbocycles. The van der Waals surface area contributed by atoms with E-state index in [-0.39, 0.29) is 23.8 Å². The first-order chi connectivity index (χ1) is 16.4. The second-order valence-electron chi connectivity index (χ2n) is 9.08. The summed E-state index contributed by atoms with van der Waals surface area (Å²) >= 11 is 0. The van der Waals surface area contributed by atoms with Crippen molar-refractivity contribution in [3.8, 4) is 0 Å². The molecule has 3 aromatic rings. The maximum atomic E-state index is 13.8. The molecule has 0 aliphatic rings. The zero-order valence-corrected chi connectivity index (χ0v) is 20.7. The number of rotatable bonds is 10. The Balaban J connectivity index is 1.90. The van der Waals surface area contributed by atoms with Crippen LogP contribution in [0.25, 0.3) is 0 Å². The lowest BCUT2D eigenvalue weighted by molar-refractivity contribution is -0.141. The van der Waals surface area contributed by atoms with Gasteiger partial charge in [-0.25, -0.2) is 0 Å². The van der Waals surface area contributed by atoms with E-state index in [4.69, 9.17) is 0 Å². The lowest BCUT2D eigenvalue weighted by atomic mass is 9.88. The third kappa shape index (κ3) is 6.80. The molecule has 4 heteroatoms. The van der Waals surface area contributed by atoms with Crippen molar-refractivity contribution in [1.29, 1.82) is 0 Å². The highest BCUT2D eigenvalue weighted by atomic mass is 16.2. The number of nitrogens with zero attached hydrogens (tertiary/aromatic N) is 1. The van der Waals surface area contributed by atoms with Gasteiger partial charge in [-0.05, 0) is 43.9 Å². The lowest BCUT2D eigenvalue weighted by Gasteiger charge is -2.31. The summed E-state index contributed by atoms with van der Waals surface area (Å²) in [7, 11) is 0. The molecule has 0 saturated heterocycles. The van der Waals surface area contributed by atoms with Crippen molar-refractivity contribution in [2.75, 3.05) is 0 Å². The van der Waals surface area contributed by atoms with Gasteiger partial charge in [0.05, 0.1) is 0 Å². The van der Waals surface area contributed by atoms with Gasteiger partial charge in [-0.3, -0.25) is 9.59 Å². The van der Waals surface area contributed by atoms with Gasteiger partial charge in [-0.15, -0.1) is 0 Å². The first-order valence-electron chi connectivity index (χ1n) is 12.1. The number of aryl methyl sites for hydroxylation is 1. The molecule has 0 fully saturated rings. The largest absolute Gasteiger partial charge is 0.352 e. The molecule has 0 heterocycles. The summed E-state index contributed by atoms with van der Waals surface area (Å²) in [4.78, 5) is 28.6. The van der Waals surface area contributed by atoms with E-state index in [0.717, 1.165) is 28.7 Å². The zero-order chi connectivity index (χ0) is 24.5. The monoisotopic (exact) mass is 456 g/mol. The van der Waals surface area contributed by atoms with Crippen LogP contribution >= 0.6 is 0 Å². The molecule has 0 spiro atoms. The summed E-state index contributed by atoms with van der Waals surface area (Å²) < 4.78 is 0. The van der Waals surface area contributed by atoms with E-state index in [9.17, 15) is 9.59 Å². The van der Waals surface area contributed by atoms with E-state index in [1.54, 1.807) is 4.90 Å². The van der Waals surface area contributed by atoms with E-state index in [0.29, 0.717) is 13.0 Å². The molecule has 3 aromatic carbocycles. The minimum Gasteiger partial charge on any atom is -0.352 e. The third-order valence-electron chi connectivity index (χ3n) is 6.42. The Bertz CT molecular complexity index is 1010. The first-order valence-corrected chi connectivity index (χ1v) is 12.1. The third-order valence-corrected chi connectivity index (χ3v) is 6.42. The molecule has 178 valence electrons. The van der Waals surface area contributed by atoms with Gasteiger partial charge in [0.25, 0.3) is 0 Å². The smallest absolute Gasteiger partial charge is 0.242 e. The van der Waals surface area contributed by atoms with Crippen LogP contribution < -0.4 is 5.32 Å². The number of amides is 2. The summed E-state index contributed by atoms with van der Waals surface area (Å²) in [5.74, 6) is -0.240. The predicted molar refractivity (Wildman–Crippen MR) is 138 cm³/mol. The highest BCUT2D eigenvalue weighted by molar-refractivity contribution is 5.88. The number of hydrogen-bond acceptors (Lipinski definition) is 2. The Labute approximate surface area is 204 Å². The number of carbonyl (C=O) groups excluding carboxylic acids is 2. The van der Waals surface area contributed by atoms with Crippen molar-refractivity contribution in [2.24, 2.45) is 0 Å². The Morgan fingerprint density at radius 3 is 1.85 bits per heavy atom. The van der Waals surface area contributed by atoms with Crippen LogP contribution in [-0.2, 0) is 16.1 Å². The summed E-state index contributed by atoms with van der Waals surface area (Å²) in [6.45, 7) is 8.28. The number of carbonyl (C=O) groups is 2. The van der Waals surface area contributed by atoms with Crippen molar-refractivity contribution in [3.63, 3.8) is 0 Å². The minimum absolute atomic E-state index is 0.0370. The average molecular weight is 457 g/mol. The summed E-state index contributed by atoms with van der Waals surface area (Å²) in [5.41, 5.74) is 4.36. The van der Waals surface area contributed by atoms with Gasteiger partial charge in [0.15, 0.2) is 0 Å². The van der Waals surface area contributed by atoms with Crippen molar-refractivity contribution in [2.45, 2.75) is 65.1 Å². The van der Waals surface area contributed by atoms with Crippen LogP contribution in [0.1, 0.15) is 61.8 Å². The molecule has 0 unspecified atom stereocenters. The zero-order valence-electron chi connectivity index (χ0n) is 20.7. The topological polar surface area (TPSA) is 49.4 Å². The van der Waals surface area contributed by atoms with Crippen LogP contribution in [0.2, 0.25) is 0 Å². The highest BCUT2D eigenvalue weighted by Crippen LogP contribution is 2.29. The van der Waals surface area contributed by atoms with Crippen LogP contribution in [0.3, 0.4) is 0 Å². The lowest BCUT2D eigenvalue weighted by Crippen LogP contribution is -2.49. The Hall–Kier alpha value is -3.40. The maximum Gasteiger partial charge on any atom is 0.242 e. The Morgan fingerprint density at radius 1 is 0.824 bits per heavy atom. The van der Waals surface area contributed by atoms with E-state index in [2.05, 4.69) is 29.6 Å². The Morgan fingerprint density at radius 2 is 1.35 bits per heavy atom. The first kappa shape index (κ1) is 25.2. The van der Waals surface area contributed by atoms with Gasteiger partial charge in [-0.2, -0.15) is 0 Å². The average Bonchev–Trinajstić information content (AvgIpc) is 2.87. The van der Waals surface area contributed by atoms with E-state index in [1.807, 2.05) is 88.4 Å². The molecule has 0 aromatic heterocycles.